The van der Waals surface area contributed by atoms with Gasteiger partial charge in [-0.3, -0.25) is 9.59 Å². The highest BCUT2D eigenvalue weighted by Crippen LogP contribution is 2.38. The van der Waals surface area contributed by atoms with Crippen molar-refractivity contribution in [3.05, 3.63) is 18.0 Å². The molecule has 1 atom stereocenters. The lowest BCUT2D eigenvalue weighted by atomic mass is 9.85. The Bertz CT molecular complexity index is 1270. The molecule has 0 radical (unpaired) electrons. The van der Waals surface area contributed by atoms with Gasteiger partial charge < -0.3 is 25.5 Å². The molecular weight excluding hydrogens is 522 g/mol. The SMILES string of the molecule is CCn1ncc2c(NC3CCOCC3)c(C3=NOC(C(N)=O)(C(=O)N(C4CCCCC4)C4CCCCC4)C3)cnc21. The molecule has 0 spiro atoms. The fourth-order valence-electron chi connectivity index (χ4n) is 7.17. The summed E-state index contributed by atoms with van der Waals surface area (Å²) < 4.78 is 7.42. The predicted octanol–water partition coefficient (Wildman–Crippen LogP) is 3.88. The number of nitrogens with two attached hydrogens (primary N) is 1. The molecule has 3 fully saturated rings. The molecular formula is C30H43N7O4. The molecule has 2 saturated carbocycles. The molecule has 4 aliphatic rings. The first-order chi connectivity index (χ1) is 20.0. The number of nitrogens with one attached hydrogen (secondary N) is 1. The Kier molecular flexibility index (Phi) is 8.14. The summed E-state index contributed by atoms with van der Waals surface area (Å²) >= 11 is 0. The number of carbonyl (C=O) groups is 2. The number of carbonyl (C=O) groups excluding carboxylic acids is 2. The first-order valence-electron chi connectivity index (χ1n) is 15.6. The van der Waals surface area contributed by atoms with Crippen LogP contribution in [0.5, 0.6) is 0 Å². The molecule has 11 heteroatoms. The lowest BCUT2D eigenvalue weighted by Crippen LogP contribution is -2.62. The van der Waals surface area contributed by atoms with Crippen molar-refractivity contribution in [3.8, 4) is 0 Å². The smallest absolute Gasteiger partial charge is 0.297 e. The second kappa shape index (κ2) is 12.0. The Morgan fingerprint density at radius 2 is 1.68 bits per heavy atom. The van der Waals surface area contributed by atoms with Gasteiger partial charge in [-0.05, 0) is 45.4 Å². The number of primary amides is 1. The highest BCUT2D eigenvalue weighted by molar-refractivity contribution is 6.18. The maximum Gasteiger partial charge on any atom is 0.297 e. The normalized spacial score (nSPS) is 24.7. The van der Waals surface area contributed by atoms with Crippen molar-refractivity contribution in [3.63, 3.8) is 0 Å². The number of fused-ring (bicyclic) bond motifs is 1. The maximum absolute atomic E-state index is 14.5. The van der Waals surface area contributed by atoms with Crippen molar-refractivity contribution >= 4 is 34.2 Å². The zero-order chi connectivity index (χ0) is 28.4. The summed E-state index contributed by atoms with van der Waals surface area (Å²) in [5.74, 6) is -1.11. The quantitative estimate of drug-likeness (QED) is 0.464. The molecule has 11 nitrogen and oxygen atoms in total. The lowest BCUT2D eigenvalue weighted by Gasteiger charge is -2.44. The Morgan fingerprint density at radius 1 is 1.02 bits per heavy atom. The zero-order valence-corrected chi connectivity index (χ0v) is 24.1. The largest absolute Gasteiger partial charge is 0.381 e. The molecule has 2 aromatic rings. The summed E-state index contributed by atoms with van der Waals surface area (Å²) in [5, 5.41) is 13.5. The number of amides is 2. The van der Waals surface area contributed by atoms with E-state index in [-0.39, 0.29) is 30.5 Å². The summed E-state index contributed by atoms with van der Waals surface area (Å²) in [5.41, 5.74) is 6.98. The van der Waals surface area contributed by atoms with Crippen LogP contribution in [0.3, 0.4) is 0 Å². The molecule has 2 aromatic heterocycles. The van der Waals surface area contributed by atoms with E-state index in [9.17, 15) is 9.59 Å². The third-order valence-electron chi connectivity index (χ3n) is 9.49. The number of ether oxygens (including phenoxy) is 1. The minimum absolute atomic E-state index is 0.0192. The van der Waals surface area contributed by atoms with Crippen LogP contribution in [-0.2, 0) is 25.7 Å². The van der Waals surface area contributed by atoms with E-state index >= 15 is 0 Å². The number of oxime groups is 1. The van der Waals surface area contributed by atoms with E-state index in [0.29, 0.717) is 31.0 Å². The van der Waals surface area contributed by atoms with Crippen LogP contribution in [0, 0.1) is 0 Å². The van der Waals surface area contributed by atoms with E-state index in [1.165, 1.54) is 12.8 Å². The van der Waals surface area contributed by atoms with Crippen molar-refractivity contribution in [2.24, 2.45) is 10.9 Å². The van der Waals surface area contributed by atoms with Crippen LogP contribution in [0.4, 0.5) is 5.69 Å². The van der Waals surface area contributed by atoms with E-state index in [1.807, 2.05) is 22.7 Å². The van der Waals surface area contributed by atoms with Gasteiger partial charge in [0.2, 0.25) is 0 Å². The molecule has 2 aliphatic heterocycles. The minimum atomic E-state index is -1.86. The number of hydrogen-bond acceptors (Lipinski definition) is 8. The number of aryl methyl sites for hydroxylation is 1. The van der Waals surface area contributed by atoms with Crippen molar-refractivity contribution in [2.45, 2.75) is 121 Å². The van der Waals surface area contributed by atoms with Crippen molar-refractivity contribution in [1.29, 1.82) is 0 Å². The summed E-state index contributed by atoms with van der Waals surface area (Å²) in [6.45, 7) is 4.10. The predicted molar refractivity (Wildman–Crippen MR) is 155 cm³/mol. The van der Waals surface area contributed by atoms with Crippen molar-refractivity contribution < 1.29 is 19.2 Å². The van der Waals surface area contributed by atoms with Crippen LogP contribution >= 0.6 is 0 Å². The zero-order valence-electron chi connectivity index (χ0n) is 24.1. The molecule has 1 unspecified atom stereocenters. The fourth-order valence-corrected chi connectivity index (χ4v) is 7.17. The maximum atomic E-state index is 14.5. The van der Waals surface area contributed by atoms with Crippen LogP contribution in [0.1, 0.15) is 96.0 Å². The highest BCUT2D eigenvalue weighted by Gasteiger charge is 2.56. The number of anilines is 1. The molecule has 0 aromatic carbocycles. The van der Waals surface area contributed by atoms with E-state index < -0.39 is 11.5 Å². The Balaban J connectivity index is 1.34. The summed E-state index contributed by atoms with van der Waals surface area (Å²) in [4.78, 5) is 40.3. The van der Waals surface area contributed by atoms with Crippen molar-refractivity contribution in [2.75, 3.05) is 18.5 Å². The summed E-state index contributed by atoms with van der Waals surface area (Å²) in [6.07, 6.45) is 15.8. The highest BCUT2D eigenvalue weighted by atomic mass is 16.7. The van der Waals surface area contributed by atoms with E-state index in [2.05, 4.69) is 15.6 Å². The van der Waals surface area contributed by atoms with Gasteiger partial charge >= 0.3 is 0 Å². The third kappa shape index (κ3) is 5.29. The first kappa shape index (κ1) is 27.9. The van der Waals surface area contributed by atoms with Crippen LogP contribution in [-0.4, -0.2) is 74.1 Å². The van der Waals surface area contributed by atoms with Gasteiger partial charge in [-0.1, -0.05) is 43.7 Å². The van der Waals surface area contributed by atoms with Crippen LogP contribution in [0.15, 0.2) is 17.5 Å². The molecule has 1 saturated heterocycles. The number of hydrogen-bond donors (Lipinski definition) is 2. The van der Waals surface area contributed by atoms with E-state index in [4.69, 9.17) is 20.3 Å². The van der Waals surface area contributed by atoms with Gasteiger partial charge in [-0.25, -0.2) is 9.67 Å². The second-order valence-corrected chi connectivity index (χ2v) is 12.1. The van der Waals surface area contributed by atoms with Gasteiger partial charge in [-0.2, -0.15) is 5.10 Å². The second-order valence-electron chi connectivity index (χ2n) is 12.1. The summed E-state index contributed by atoms with van der Waals surface area (Å²) in [7, 11) is 0. The number of aromatic nitrogens is 3. The molecule has 4 heterocycles. The van der Waals surface area contributed by atoms with E-state index in [0.717, 1.165) is 80.9 Å². The van der Waals surface area contributed by atoms with Gasteiger partial charge in [0.1, 0.15) is 0 Å². The van der Waals surface area contributed by atoms with Crippen molar-refractivity contribution in [1.82, 2.24) is 19.7 Å². The third-order valence-corrected chi connectivity index (χ3v) is 9.49. The Morgan fingerprint density at radius 3 is 2.29 bits per heavy atom. The van der Waals surface area contributed by atoms with Crippen LogP contribution < -0.4 is 11.1 Å². The molecule has 3 N–H and O–H groups in total. The van der Waals surface area contributed by atoms with Crippen LogP contribution in [0.2, 0.25) is 0 Å². The number of rotatable bonds is 8. The molecule has 222 valence electrons. The average Bonchev–Trinajstić information content (AvgIpc) is 3.65. The van der Waals surface area contributed by atoms with Crippen LogP contribution in [0.25, 0.3) is 11.0 Å². The molecule has 2 aliphatic carbocycles. The lowest BCUT2D eigenvalue weighted by molar-refractivity contribution is -0.168. The fraction of sp³-hybridized carbons (Fsp3) is 0.700. The monoisotopic (exact) mass is 565 g/mol. The molecule has 0 bridgehead atoms. The molecule has 6 rings (SSSR count). The Hall–Kier alpha value is -3.21. The minimum Gasteiger partial charge on any atom is -0.381 e. The number of nitrogens with zero attached hydrogens (tertiary/aromatic N) is 5. The average molecular weight is 566 g/mol. The standard InChI is InChI=1S/C30H43N7O4/c1-2-36-27-24(19-33-36)26(34-20-13-15-40-16-14-20)23(18-32-27)25-17-30(28(31)38,41-35-25)29(39)37(21-9-5-3-6-10-21)22-11-7-4-8-12-22/h18-22H,2-17H2,1H3,(H2,31,38)(H,32,34). The van der Waals surface area contributed by atoms with E-state index in [1.54, 1.807) is 6.20 Å². The van der Waals surface area contributed by atoms with Gasteiger partial charge in [0.15, 0.2) is 5.65 Å². The van der Waals surface area contributed by atoms with Gasteiger partial charge in [-0.15, -0.1) is 0 Å². The number of pyridine rings is 1. The topological polar surface area (TPSA) is 137 Å². The van der Waals surface area contributed by atoms with Gasteiger partial charge in [0.25, 0.3) is 17.4 Å². The molecule has 41 heavy (non-hydrogen) atoms. The van der Waals surface area contributed by atoms with Gasteiger partial charge in [0.05, 0.1) is 29.4 Å². The Labute approximate surface area is 241 Å². The molecule has 2 amide bonds. The van der Waals surface area contributed by atoms with Gasteiger partial charge in [0, 0.05) is 49.6 Å². The summed E-state index contributed by atoms with van der Waals surface area (Å²) in [6, 6.07) is 0.412. The first-order valence-corrected chi connectivity index (χ1v) is 15.6.